The number of nitrogens with zero attached hydrogens (tertiary/aromatic N) is 4. The van der Waals surface area contributed by atoms with Crippen LogP contribution in [0.3, 0.4) is 0 Å². The molecule has 4 heterocycles. The third-order valence-corrected chi connectivity index (χ3v) is 7.81. The first-order valence-electron chi connectivity index (χ1n) is 10.5. The van der Waals surface area contributed by atoms with E-state index in [1.165, 1.54) is 16.6 Å². The molecule has 30 heavy (non-hydrogen) atoms. The molecule has 2 saturated heterocycles. The van der Waals surface area contributed by atoms with Gasteiger partial charge in [0.2, 0.25) is 10.0 Å². The fraction of sp³-hybridized carbons (Fsp3) is 0.524. The minimum atomic E-state index is -3.52. The Bertz CT molecular complexity index is 975. The molecule has 0 atom stereocenters. The molecule has 8 nitrogen and oxygen atoms in total. The molecule has 2 fully saturated rings. The van der Waals surface area contributed by atoms with Crippen LogP contribution in [-0.4, -0.2) is 65.3 Å². The summed E-state index contributed by atoms with van der Waals surface area (Å²) in [6, 6.07) is 7.52. The van der Waals surface area contributed by atoms with Gasteiger partial charge in [-0.1, -0.05) is 6.07 Å². The number of hydrogen-bond donors (Lipinski definition) is 1. The van der Waals surface area contributed by atoms with Crippen LogP contribution < -0.4 is 5.32 Å². The summed E-state index contributed by atoms with van der Waals surface area (Å²) in [4.78, 5) is 19.7. The van der Waals surface area contributed by atoms with Crippen LogP contribution in [0.1, 0.15) is 41.9 Å². The van der Waals surface area contributed by atoms with Gasteiger partial charge in [-0.25, -0.2) is 8.42 Å². The van der Waals surface area contributed by atoms with E-state index in [9.17, 15) is 13.2 Å². The molecule has 162 valence electrons. The van der Waals surface area contributed by atoms with Gasteiger partial charge in [0.1, 0.15) is 10.6 Å². The number of carbonyl (C=O) groups is 1. The van der Waals surface area contributed by atoms with Crippen molar-refractivity contribution in [3.05, 3.63) is 48.0 Å². The largest absolute Gasteiger partial charge is 0.348 e. The fourth-order valence-corrected chi connectivity index (χ4v) is 5.78. The number of rotatable bonds is 6. The van der Waals surface area contributed by atoms with Crippen molar-refractivity contribution in [2.24, 2.45) is 7.05 Å². The van der Waals surface area contributed by atoms with E-state index < -0.39 is 10.0 Å². The van der Waals surface area contributed by atoms with E-state index in [0.29, 0.717) is 18.8 Å². The Morgan fingerprint density at radius 1 is 1.17 bits per heavy atom. The Morgan fingerprint density at radius 3 is 2.57 bits per heavy atom. The topological polar surface area (TPSA) is 87.5 Å². The zero-order valence-electron chi connectivity index (χ0n) is 17.3. The maximum Gasteiger partial charge on any atom is 0.268 e. The SMILES string of the molecule is Cn1cc(S(=O)(=O)N2CCCC2)cc1C(=O)NC1CCN(Cc2ccccn2)CC1. The molecule has 2 aromatic rings. The first-order chi connectivity index (χ1) is 14.4. The zero-order valence-corrected chi connectivity index (χ0v) is 18.1. The number of sulfonamides is 1. The van der Waals surface area contributed by atoms with Gasteiger partial charge in [0.05, 0.1) is 5.69 Å². The predicted molar refractivity (Wildman–Crippen MR) is 113 cm³/mol. The normalized spacial score (nSPS) is 19.2. The molecule has 0 aromatic carbocycles. The van der Waals surface area contributed by atoms with Crippen LogP contribution in [0.4, 0.5) is 0 Å². The Balaban J connectivity index is 1.34. The second-order valence-electron chi connectivity index (χ2n) is 8.13. The molecule has 2 aromatic heterocycles. The summed E-state index contributed by atoms with van der Waals surface area (Å²) >= 11 is 0. The summed E-state index contributed by atoms with van der Waals surface area (Å²) in [6.45, 7) is 3.70. The second kappa shape index (κ2) is 8.87. The number of amides is 1. The second-order valence-corrected chi connectivity index (χ2v) is 10.1. The van der Waals surface area contributed by atoms with E-state index in [0.717, 1.165) is 51.0 Å². The fourth-order valence-electron chi connectivity index (χ4n) is 4.19. The van der Waals surface area contributed by atoms with E-state index in [1.807, 2.05) is 18.2 Å². The summed E-state index contributed by atoms with van der Waals surface area (Å²) in [5, 5.41) is 3.08. The molecule has 0 bridgehead atoms. The van der Waals surface area contributed by atoms with Crippen molar-refractivity contribution in [3.63, 3.8) is 0 Å². The van der Waals surface area contributed by atoms with E-state index in [2.05, 4.69) is 15.2 Å². The van der Waals surface area contributed by atoms with Gasteiger partial charge in [0.25, 0.3) is 5.91 Å². The number of piperidine rings is 1. The van der Waals surface area contributed by atoms with Gasteiger partial charge >= 0.3 is 0 Å². The molecule has 0 aliphatic carbocycles. The van der Waals surface area contributed by atoms with Crippen LogP contribution in [0.25, 0.3) is 0 Å². The number of hydrogen-bond acceptors (Lipinski definition) is 5. The number of aromatic nitrogens is 2. The number of pyridine rings is 1. The number of aryl methyl sites for hydroxylation is 1. The van der Waals surface area contributed by atoms with Crippen molar-refractivity contribution in [3.8, 4) is 0 Å². The number of carbonyl (C=O) groups excluding carboxylic acids is 1. The van der Waals surface area contributed by atoms with Crippen molar-refractivity contribution in [2.75, 3.05) is 26.2 Å². The van der Waals surface area contributed by atoms with Gasteiger partial charge in [-0.2, -0.15) is 4.31 Å². The molecule has 1 N–H and O–H groups in total. The molecule has 2 aliphatic rings. The zero-order chi connectivity index (χ0) is 21.1. The monoisotopic (exact) mass is 431 g/mol. The number of likely N-dealkylation sites (tertiary alicyclic amines) is 1. The summed E-state index contributed by atoms with van der Waals surface area (Å²) in [7, 11) is -1.81. The maximum atomic E-state index is 12.8. The van der Waals surface area contributed by atoms with Gasteiger partial charge in [-0.05, 0) is 43.9 Å². The number of nitrogens with one attached hydrogen (secondary N) is 1. The van der Waals surface area contributed by atoms with Crippen molar-refractivity contribution < 1.29 is 13.2 Å². The molecule has 0 saturated carbocycles. The van der Waals surface area contributed by atoms with Crippen LogP contribution >= 0.6 is 0 Å². The Hall–Kier alpha value is -2.23. The van der Waals surface area contributed by atoms with Gasteiger partial charge in [-0.3, -0.25) is 14.7 Å². The van der Waals surface area contributed by atoms with Gasteiger partial charge < -0.3 is 9.88 Å². The van der Waals surface area contributed by atoms with E-state index in [4.69, 9.17) is 0 Å². The smallest absolute Gasteiger partial charge is 0.268 e. The van der Waals surface area contributed by atoms with Crippen LogP contribution in [-0.2, 0) is 23.6 Å². The Kier molecular flexibility index (Phi) is 6.21. The lowest BCUT2D eigenvalue weighted by atomic mass is 10.0. The molecule has 9 heteroatoms. The van der Waals surface area contributed by atoms with Crippen molar-refractivity contribution in [2.45, 2.75) is 43.2 Å². The average molecular weight is 432 g/mol. The highest BCUT2D eigenvalue weighted by atomic mass is 32.2. The highest BCUT2D eigenvalue weighted by Crippen LogP contribution is 2.23. The highest BCUT2D eigenvalue weighted by molar-refractivity contribution is 7.89. The first kappa shape index (κ1) is 21.0. The molecule has 4 rings (SSSR count). The van der Waals surface area contributed by atoms with Crippen LogP contribution in [0.15, 0.2) is 41.6 Å². The quantitative estimate of drug-likeness (QED) is 0.751. The lowest BCUT2D eigenvalue weighted by Gasteiger charge is -2.32. The molecular formula is C21H29N5O3S. The minimum absolute atomic E-state index is 0.0889. The summed E-state index contributed by atoms with van der Waals surface area (Å²) < 4.78 is 28.6. The lowest BCUT2D eigenvalue weighted by Crippen LogP contribution is -2.44. The Labute approximate surface area is 177 Å². The molecule has 0 unspecified atom stereocenters. The lowest BCUT2D eigenvalue weighted by molar-refractivity contribution is 0.0900. The molecular weight excluding hydrogens is 402 g/mol. The third kappa shape index (κ3) is 4.58. The predicted octanol–water partition coefficient (Wildman–Crippen LogP) is 1.60. The minimum Gasteiger partial charge on any atom is -0.348 e. The molecule has 0 spiro atoms. The van der Waals surface area contributed by atoms with E-state index >= 15 is 0 Å². The highest BCUT2D eigenvalue weighted by Gasteiger charge is 2.30. The van der Waals surface area contributed by atoms with E-state index in [1.54, 1.807) is 17.8 Å². The summed E-state index contributed by atoms with van der Waals surface area (Å²) in [5.41, 5.74) is 1.43. The van der Waals surface area contributed by atoms with E-state index in [-0.39, 0.29) is 16.8 Å². The van der Waals surface area contributed by atoms with Crippen LogP contribution in [0.2, 0.25) is 0 Å². The summed E-state index contributed by atoms with van der Waals surface area (Å²) in [6.07, 6.45) is 6.85. The summed E-state index contributed by atoms with van der Waals surface area (Å²) in [5.74, 6) is -0.219. The maximum absolute atomic E-state index is 12.8. The van der Waals surface area contributed by atoms with Gasteiger partial charge in [0.15, 0.2) is 0 Å². The average Bonchev–Trinajstić information content (AvgIpc) is 3.41. The van der Waals surface area contributed by atoms with Crippen molar-refractivity contribution in [1.82, 2.24) is 24.1 Å². The molecule has 0 radical (unpaired) electrons. The van der Waals surface area contributed by atoms with Crippen molar-refractivity contribution >= 4 is 15.9 Å². The first-order valence-corrected chi connectivity index (χ1v) is 12.0. The third-order valence-electron chi connectivity index (χ3n) is 5.95. The van der Waals surface area contributed by atoms with Gasteiger partial charge in [-0.15, -0.1) is 0 Å². The molecule has 2 aliphatic heterocycles. The van der Waals surface area contributed by atoms with Gasteiger partial charge in [0, 0.05) is 58.2 Å². The van der Waals surface area contributed by atoms with Crippen LogP contribution in [0, 0.1) is 0 Å². The standard InChI is InChI=1S/C21H29N5O3S/c1-24-16-19(30(28,29)26-10-4-5-11-26)14-20(24)21(27)23-17-7-12-25(13-8-17)15-18-6-2-3-9-22-18/h2-3,6,9,14,16-17H,4-5,7-8,10-13,15H2,1H3,(H,23,27). The molecule has 1 amide bonds. The van der Waals surface area contributed by atoms with Crippen LogP contribution in [0.5, 0.6) is 0 Å². The Morgan fingerprint density at radius 2 is 1.90 bits per heavy atom. The van der Waals surface area contributed by atoms with Crippen molar-refractivity contribution in [1.29, 1.82) is 0 Å².